The number of piperidine rings is 1. The van der Waals surface area contributed by atoms with E-state index in [1.807, 2.05) is 0 Å². The zero-order valence-electron chi connectivity index (χ0n) is 24.3. The van der Waals surface area contributed by atoms with E-state index in [4.69, 9.17) is 10.00 Å². The Bertz CT molecular complexity index is 1840. The molecular formula is C29H27F6N5O4S2. The molecule has 2 heterocycles. The quantitative estimate of drug-likeness (QED) is 0.210. The summed E-state index contributed by atoms with van der Waals surface area (Å²) in [6.07, 6.45) is -5.80. The van der Waals surface area contributed by atoms with Crippen molar-refractivity contribution in [1.29, 1.82) is 5.26 Å². The Morgan fingerprint density at radius 3 is 2.63 bits per heavy atom. The Kier molecular flexibility index (Phi) is 10.3. The lowest BCUT2D eigenvalue weighted by atomic mass is 10.0. The Hall–Kier alpha value is -4.19. The molecule has 0 saturated carbocycles. The van der Waals surface area contributed by atoms with Crippen molar-refractivity contribution in [2.24, 2.45) is 0 Å². The Labute approximate surface area is 264 Å². The molecule has 1 atom stereocenters. The van der Waals surface area contributed by atoms with Gasteiger partial charge >= 0.3 is 6.18 Å². The summed E-state index contributed by atoms with van der Waals surface area (Å²) in [5.74, 6) is -0.248. The van der Waals surface area contributed by atoms with Gasteiger partial charge in [-0.25, -0.2) is 26.3 Å². The number of rotatable bonds is 9. The Morgan fingerprint density at radius 2 is 1.98 bits per heavy atom. The minimum Gasteiger partial charge on any atom is -0.477 e. The molecule has 2 aromatic carbocycles. The number of thiophene rings is 1. The number of alkyl halides is 5. The minimum atomic E-state index is -4.60. The Morgan fingerprint density at radius 1 is 1.24 bits per heavy atom. The minimum absolute atomic E-state index is 0.0439. The van der Waals surface area contributed by atoms with Gasteiger partial charge in [-0.05, 0) is 30.5 Å². The SMILES string of the molecule is CC(=O)NS(=O)(=O)c1cc(OCC#N)c(NCC#Cc2sc3c(NC4CCN(C)CC4(F)F)cccc3c2CC(F)(F)F)cc1F. The number of hydrogen-bond acceptors (Lipinski definition) is 9. The highest BCUT2D eigenvalue weighted by Crippen LogP contribution is 2.40. The molecule has 1 saturated heterocycles. The highest BCUT2D eigenvalue weighted by atomic mass is 32.2. The summed E-state index contributed by atoms with van der Waals surface area (Å²) in [6.45, 7) is 0.0347. The van der Waals surface area contributed by atoms with Crippen LogP contribution in [0, 0.1) is 29.0 Å². The van der Waals surface area contributed by atoms with Gasteiger partial charge in [0.1, 0.15) is 22.5 Å². The van der Waals surface area contributed by atoms with Crippen molar-refractivity contribution in [3.63, 3.8) is 0 Å². The zero-order chi connectivity index (χ0) is 33.9. The number of carbonyl (C=O) groups excluding carboxylic acids is 1. The number of sulfonamides is 1. The molecule has 0 bridgehead atoms. The van der Waals surface area contributed by atoms with E-state index in [-0.39, 0.29) is 45.9 Å². The van der Waals surface area contributed by atoms with Crippen LogP contribution in [-0.2, 0) is 21.2 Å². The molecule has 0 radical (unpaired) electrons. The zero-order valence-corrected chi connectivity index (χ0v) is 26.0. The van der Waals surface area contributed by atoms with Gasteiger partial charge in [-0.2, -0.15) is 18.4 Å². The van der Waals surface area contributed by atoms with Gasteiger partial charge in [0.2, 0.25) is 5.91 Å². The van der Waals surface area contributed by atoms with Gasteiger partial charge in [-0.15, -0.1) is 11.3 Å². The molecule has 1 aromatic heterocycles. The third-order valence-electron chi connectivity index (χ3n) is 6.78. The number of ether oxygens (including phenoxy) is 1. The number of fused-ring (bicyclic) bond motifs is 1. The summed E-state index contributed by atoms with van der Waals surface area (Å²) >= 11 is 0.912. The summed E-state index contributed by atoms with van der Waals surface area (Å²) < 4.78 is 117. The molecule has 1 aliphatic rings. The molecule has 246 valence electrons. The van der Waals surface area contributed by atoms with Crippen molar-refractivity contribution >= 4 is 48.7 Å². The smallest absolute Gasteiger partial charge is 0.393 e. The molecule has 9 nitrogen and oxygen atoms in total. The number of likely N-dealkylation sites (tertiary alicyclic amines) is 1. The normalized spacial score (nSPS) is 16.6. The van der Waals surface area contributed by atoms with Crippen LogP contribution in [0.4, 0.5) is 37.7 Å². The number of anilines is 2. The van der Waals surface area contributed by atoms with Crippen LogP contribution >= 0.6 is 11.3 Å². The van der Waals surface area contributed by atoms with Gasteiger partial charge in [0.15, 0.2) is 6.61 Å². The number of nitrogens with zero attached hydrogens (tertiary/aromatic N) is 2. The van der Waals surface area contributed by atoms with Gasteiger partial charge in [-0.3, -0.25) is 4.79 Å². The number of carbonyl (C=O) groups is 1. The fourth-order valence-corrected chi connectivity index (χ4v) is 7.09. The first kappa shape index (κ1) is 34.7. The van der Waals surface area contributed by atoms with Crippen LogP contribution in [-0.4, -0.2) is 70.7 Å². The number of hydrogen-bond donors (Lipinski definition) is 3. The maximum Gasteiger partial charge on any atom is 0.393 e. The summed E-state index contributed by atoms with van der Waals surface area (Å²) in [7, 11) is -3.02. The molecule has 1 unspecified atom stereocenters. The van der Waals surface area contributed by atoms with E-state index in [2.05, 4.69) is 22.5 Å². The molecule has 1 amide bonds. The molecule has 46 heavy (non-hydrogen) atoms. The maximum absolute atomic E-state index is 14.8. The third kappa shape index (κ3) is 8.34. The van der Waals surface area contributed by atoms with Crippen LogP contribution in [0.25, 0.3) is 10.1 Å². The molecule has 3 aromatic rings. The van der Waals surface area contributed by atoms with Crippen LogP contribution in [0.2, 0.25) is 0 Å². The third-order valence-corrected chi connectivity index (χ3v) is 9.42. The first-order valence-electron chi connectivity index (χ1n) is 13.5. The van der Waals surface area contributed by atoms with Crippen LogP contribution in [0.3, 0.4) is 0 Å². The van der Waals surface area contributed by atoms with Gasteiger partial charge in [0, 0.05) is 25.6 Å². The van der Waals surface area contributed by atoms with E-state index in [0.717, 1.165) is 30.4 Å². The van der Waals surface area contributed by atoms with Crippen LogP contribution in [0.1, 0.15) is 23.8 Å². The highest BCUT2D eigenvalue weighted by Gasteiger charge is 2.44. The number of nitrogens with one attached hydrogen (secondary N) is 3. The molecule has 4 rings (SSSR count). The largest absolute Gasteiger partial charge is 0.477 e. The molecule has 3 N–H and O–H groups in total. The molecular weight excluding hydrogens is 660 g/mol. The van der Waals surface area contributed by atoms with E-state index in [0.29, 0.717) is 11.2 Å². The van der Waals surface area contributed by atoms with Gasteiger partial charge in [-0.1, -0.05) is 24.0 Å². The average Bonchev–Trinajstić information content (AvgIpc) is 3.27. The predicted octanol–water partition coefficient (Wildman–Crippen LogP) is 5.09. The average molecular weight is 688 g/mol. The van der Waals surface area contributed by atoms with E-state index in [1.165, 1.54) is 23.1 Å². The van der Waals surface area contributed by atoms with Gasteiger partial charge in [0.25, 0.3) is 15.9 Å². The van der Waals surface area contributed by atoms with Gasteiger partial charge in [0.05, 0.1) is 46.5 Å². The number of amides is 1. The second kappa shape index (κ2) is 13.7. The molecule has 0 aliphatic carbocycles. The van der Waals surface area contributed by atoms with E-state index in [1.54, 1.807) is 17.8 Å². The van der Waals surface area contributed by atoms with Crippen LogP contribution in [0.15, 0.2) is 35.2 Å². The molecule has 17 heteroatoms. The summed E-state index contributed by atoms with van der Waals surface area (Å²) in [4.78, 5) is 11.9. The van der Waals surface area contributed by atoms with Gasteiger partial charge < -0.3 is 20.3 Å². The monoisotopic (exact) mass is 687 g/mol. The first-order chi connectivity index (χ1) is 21.5. The van der Waals surface area contributed by atoms with Crippen molar-refractivity contribution in [3.05, 3.63) is 46.6 Å². The number of nitriles is 1. The van der Waals surface area contributed by atoms with Crippen molar-refractivity contribution in [3.8, 4) is 23.7 Å². The number of halogens is 6. The fourth-order valence-electron chi connectivity index (χ4n) is 4.85. The predicted molar refractivity (Wildman–Crippen MR) is 160 cm³/mol. The topological polar surface area (TPSA) is 124 Å². The van der Waals surface area contributed by atoms with Crippen molar-refractivity contribution < 1.29 is 44.3 Å². The lowest BCUT2D eigenvalue weighted by molar-refractivity contribution is -0.127. The summed E-state index contributed by atoms with van der Waals surface area (Å²) in [5.41, 5.74) is 0.00650. The highest BCUT2D eigenvalue weighted by molar-refractivity contribution is 7.90. The van der Waals surface area contributed by atoms with Crippen LogP contribution in [0.5, 0.6) is 5.75 Å². The Balaban J connectivity index is 1.65. The van der Waals surface area contributed by atoms with E-state index >= 15 is 0 Å². The lowest BCUT2D eigenvalue weighted by Crippen LogP contribution is -2.53. The second-order valence-corrected chi connectivity index (χ2v) is 13.1. The fraction of sp³-hybridized carbons (Fsp3) is 0.379. The van der Waals surface area contributed by atoms with E-state index < -0.39 is 64.4 Å². The molecule has 0 spiro atoms. The van der Waals surface area contributed by atoms with Crippen molar-refractivity contribution in [2.75, 3.05) is 43.9 Å². The van der Waals surface area contributed by atoms with E-state index in [9.17, 15) is 39.6 Å². The maximum atomic E-state index is 14.8. The summed E-state index contributed by atoms with van der Waals surface area (Å²) in [5, 5.41) is 14.6. The number of benzene rings is 2. The standard InChI is InChI=1S/C29H27F6N5O4S2/c1-17(41)39-46(42,43)25-14-23(44-12-9-36)22(13-20(25)30)37-10-4-7-24-19(15-29(33,34)35)18-5-3-6-21(27(18)45-24)38-26-8-11-40(2)16-28(26,31)32/h3,5-6,13-14,26,37-38H,8,10-12,15-16H2,1-2H3,(H,39,41). The van der Waals surface area contributed by atoms with Crippen LogP contribution < -0.4 is 20.1 Å². The summed E-state index contributed by atoms with van der Waals surface area (Å²) in [6, 6.07) is 6.44. The molecule has 1 aliphatic heterocycles. The van der Waals surface area contributed by atoms with Crippen molar-refractivity contribution in [1.82, 2.24) is 9.62 Å². The molecule has 1 fully saturated rings. The van der Waals surface area contributed by atoms with Crippen molar-refractivity contribution in [2.45, 2.75) is 42.8 Å². The lowest BCUT2D eigenvalue weighted by Gasteiger charge is -2.37. The first-order valence-corrected chi connectivity index (χ1v) is 15.8. The second-order valence-electron chi connectivity index (χ2n) is 10.4.